The van der Waals surface area contributed by atoms with Crippen molar-refractivity contribution in [1.82, 2.24) is 4.90 Å². The van der Waals surface area contributed by atoms with Gasteiger partial charge in [0.25, 0.3) is 5.69 Å². The van der Waals surface area contributed by atoms with Crippen LogP contribution in [0.25, 0.3) is 0 Å². The molecular weight excluding hydrogens is 458 g/mol. The Bertz CT molecular complexity index is 1260. The molecule has 0 aliphatic heterocycles. The molecule has 0 aliphatic rings. The molecule has 0 radical (unpaired) electrons. The Labute approximate surface area is 200 Å². The van der Waals surface area contributed by atoms with E-state index in [4.69, 9.17) is 0 Å². The molecule has 0 heterocycles. The van der Waals surface area contributed by atoms with Crippen LogP contribution < -0.4 is 5.43 Å². The molecule has 12 heteroatoms. The van der Waals surface area contributed by atoms with E-state index in [9.17, 15) is 35.2 Å². The van der Waals surface area contributed by atoms with Crippen LogP contribution in [0, 0.1) is 20.2 Å². The number of amides is 1. The highest BCUT2D eigenvalue weighted by Gasteiger charge is 2.20. The first-order chi connectivity index (χ1) is 16.5. The number of phenols is 2. The van der Waals surface area contributed by atoms with Crippen molar-refractivity contribution >= 4 is 28.7 Å². The van der Waals surface area contributed by atoms with Crippen LogP contribution in [0.1, 0.15) is 18.1 Å². The lowest BCUT2D eigenvalue weighted by atomic mass is 10.0. The Balaban J connectivity index is 0.000000641. The quantitative estimate of drug-likeness (QED) is 0.270. The predicted octanol–water partition coefficient (Wildman–Crippen LogP) is 3.87. The van der Waals surface area contributed by atoms with Crippen molar-refractivity contribution in [2.75, 3.05) is 19.5 Å². The number of nitro groups is 2. The van der Waals surface area contributed by atoms with Crippen molar-refractivity contribution in [2.45, 2.75) is 6.92 Å². The molecule has 3 aromatic carbocycles. The smallest absolute Gasteiger partial charge is 0.301 e. The average Bonchev–Trinajstić information content (AvgIpc) is 2.81. The van der Waals surface area contributed by atoms with E-state index in [1.807, 2.05) is 0 Å². The molecule has 0 bridgehead atoms. The molecule has 0 saturated carbocycles. The summed E-state index contributed by atoms with van der Waals surface area (Å²) >= 11 is 0. The first kappa shape index (κ1) is 26.3. The van der Waals surface area contributed by atoms with Crippen LogP contribution in [0.15, 0.2) is 71.8 Å². The maximum absolute atomic E-state index is 11.3. The topological polar surface area (TPSA) is 171 Å². The molecule has 0 unspecified atom stereocenters. The summed E-state index contributed by atoms with van der Waals surface area (Å²) in [5.74, 6) is -0.291. The van der Waals surface area contributed by atoms with Crippen LogP contribution >= 0.6 is 0 Å². The van der Waals surface area contributed by atoms with E-state index >= 15 is 0 Å². The van der Waals surface area contributed by atoms with E-state index in [0.29, 0.717) is 5.56 Å². The van der Waals surface area contributed by atoms with E-state index in [1.54, 1.807) is 44.4 Å². The number of carbonyl (C=O) groups is 1. The fourth-order valence-corrected chi connectivity index (χ4v) is 2.59. The number of hydrazone groups is 1. The first-order valence-electron chi connectivity index (χ1n) is 10.0. The second-order valence-electron chi connectivity index (χ2n) is 7.27. The number of rotatable bonds is 6. The van der Waals surface area contributed by atoms with E-state index in [1.165, 1.54) is 30.0 Å². The summed E-state index contributed by atoms with van der Waals surface area (Å²) in [4.78, 5) is 32.3. The summed E-state index contributed by atoms with van der Waals surface area (Å²) in [5, 5.41) is 46.1. The molecular formula is C23H23N5O7. The fourth-order valence-electron chi connectivity index (χ4n) is 2.59. The summed E-state index contributed by atoms with van der Waals surface area (Å²) in [6.45, 7) is 1.53. The van der Waals surface area contributed by atoms with Gasteiger partial charge in [0.2, 0.25) is 5.91 Å². The average molecular weight is 481 g/mol. The number of phenolic OH excluding ortho intramolecular Hbond substituents is 2. The summed E-state index contributed by atoms with van der Waals surface area (Å²) in [5.41, 5.74) is 2.64. The summed E-state index contributed by atoms with van der Waals surface area (Å²) < 4.78 is 0. The monoisotopic (exact) mass is 481 g/mol. The third-order valence-electron chi connectivity index (χ3n) is 4.59. The van der Waals surface area contributed by atoms with Crippen LogP contribution in [-0.4, -0.2) is 50.7 Å². The number of nitro benzene ring substituents is 2. The highest BCUT2D eigenvalue weighted by Crippen LogP contribution is 2.30. The van der Waals surface area contributed by atoms with Crippen molar-refractivity contribution in [3.63, 3.8) is 0 Å². The number of aromatic hydroxyl groups is 2. The van der Waals surface area contributed by atoms with Gasteiger partial charge in [-0.25, -0.2) is 0 Å². The van der Waals surface area contributed by atoms with Gasteiger partial charge in [-0.05, 0) is 18.2 Å². The molecule has 3 N–H and O–H groups in total. The van der Waals surface area contributed by atoms with Crippen molar-refractivity contribution in [3.8, 4) is 11.5 Å². The van der Waals surface area contributed by atoms with Crippen LogP contribution in [0.2, 0.25) is 0 Å². The lowest BCUT2D eigenvalue weighted by molar-refractivity contribution is -0.393. The Kier molecular flexibility index (Phi) is 8.81. The lowest BCUT2D eigenvalue weighted by Crippen LogP contribution is -2.17. The lowest BCUT2D eigenvalue weighted by Gasteiger charge is -2.10. The van der Waals surface area contributed by atoms with Gasteiger partial charge in [0.1, 0.15) is 22.9 Å². The SMILES string of the molecule is CC(=O)N(C)C.O=[N+]([O-])c1ccc(N/N=C(\c2ccccc2)c2ccc(O)cc2O)c([N+](=O)[O-])c1. The Morgan fingerprint density at radius 3 is 2.09 bits per heavy atom. The number of hydrogen-bond acceptors (Lipinski definition) is 9. The van der Waals surface area contributed by atoms with Crippen molar-refractivity contribution < 1.29 is 24.9 Å². The van der Waals surface area contributed by atoms with Gasteiger partial charge in [-0.2, -0.15) is 5.10 Å². The van der Waals surface area contributed by atoms with Gasteiger partial charge in [0, 0.05) is 44.3 Å². The van der Waals surface area contributed by atoms with Gasteiger partial charge in [-0.15, -0.1) is 0 Å². The molecule has 0 fully saturated rings. The highest BCUT2D eigenvalue weighted by molar-refractivity contribution is 6.14. The van der Waals surface area contributed by atoms with E-state index < -0.39 is 21.2 Å². The third kappa shape index (κ3) is 7.25. The molecule has 0 atom stereocenters. The number of nitrogens with one attached hydrogen (secondary N) is 1. The molecule has 182 valence electrons. The minimum atomic E-state index is -0.759. The molecule has 1 amide bonds. The van der Waals surface area contributed by atoms with Gasteiger partial charge in [0.15, 0.2) is 0 Å². The molecule has 12 nitrogen and oxygen atoms in total. The van der Waals surface area contributed by atoms with Crippen LogP contribution in [0.4, 0.5) is 17.1 Å². The summed E-state index contributed by atoms with van der Waals surface area (Å²) in [7, 11) is 3.45. The van der Waals surface area contributed by atoms with Crippen LogP contribution in [0.5, 0.6) is 11.5 Å². The standard InChI is InChI=1S/C19H14N4O6.C4H9NO/c24-14-7-8-15(18(25)11-14)19(12-4-2-1-3-5-12)21-20-16-9-6-13(22(26)27)10-17(16)23(28)29;1-4(6)5(2)3/h1-11,20,24-25H;1-3H3/b21-19+;. The minimum Gasteiger partial charge on any atom is -0.508 e. The van der Waals surface area contributed by atoms with Crippen molar-refractivity contribution in [2.24, 2.45) is 5.10 Å². The largest absolute Gasteiger partial charge is 0.508 e. The van der Waals surface area contributed by atoms with Gasteiger partial charge in [-0.1, -0.05) is 30.3 Å². The van der Waals surface area contributed by atoms with Crippen LogP contribution in [-0.2, 0) is 4.79 Å². The van der Waals surface area contributed by atoms with Crippen molar-refractivity contribution in [3.05, 3.63) is 98.1 Å². The highest BCUT2D eigenvalue weighted by atomic mass is 16.6. The predicted molar refractivity (Wildman–Crippen MR) is 130 cm³/mol. The molecule has 3 rings (SSSR count). The normalized spacial score (nSPS) is 10.5. The number of anilines is 1. The number of nitrogens with zero attached hydrogens (tertiary/aromatic N) is 4. The molecule has 35 heavy (non-hydrogen) atoms. The Morgan fingerprint density at radius 2 is 1.57 bits per heavy atom. The number of hydrogen-bond donors (Lipinski definition) is 3. The molecule has 0 aromatic heterocycles. The Morgan fingerprint density at radius 1 is 0.943 bits per heavy atom. The maximum atomic E-state index is 11.3. The molecule has 3 aromatic rings. The van der Waals surface area contributed by atoms with Gasteiger partial charge in [0.05, 0.1) is 15.9 Å². The van der Waals surface area contributed by atoms with Crippen LogP contribution in [0.3, 0.4) is 0 Å². The van der Waals surface area contributed by atoms with E-state index in [0.717, 1.165) is 18.2 Å². The zero-order valence-corrected chi connectivity index (χ0v) is 19.1. The van der Waals surface area contributed by atoms with Gasteiger partial charge >= 0.3 is 5.69 Å². The van der Waals surface area contributed by atoms with Crippen molar-refractivity contribution in [1.29, 1.82) is 0 Å². The molecule has 0 saturated heterocycles. The van der Waals surface area contributed by atoms with E-state index in [2.05, 4.69) is 10.5 Å². The van der Waals surface area contributed by atoms with Gasteiger partial charge < -0.3 is 15.1 Å². The zero-order chi connectivity index (χ0) is 26.1. The fraction of sp³-hybridized carbons (Fsp3) is 0.130. The zero-order valence-electron chi connectivity index (χ0n) is 19.1. The third-order valence-corrected chi connectivity index (χ3v) is 4.59. The minimum absolute atomic E-state index is 0.0627. The van der Waals surface area contributed by atoms with E-state index in [-0.39, 0.29) is 34.4 Å². The first-order valence-corrected chi connectivity index (χ1v) is 10.0. The number of carbonyl (C=O) groups excluding carboxylic acids is 1. The number of non-ortho nitro benzene ring substituents is 1. The molecule has 0 aliphatic carbocycles. The second kappa shape index (κ2) is 11.7. The number of benzene rings is 3. The summed E-state index contributed by atoms with van der Waals surface area (Å²) in [6.07, 6.45) is 0. The molecule has 0 spiro atoms. The Hall–Kier alpha value is -5.00. The maximum Gasteiger partial charge on any atom is 0.301 e. The van der Waals surface area contributed by atoms with Gasteiger partial charge in [-0.3, -0.25) is 30.4 Å². The summed E-state index contributed by atoms with van der Waals surface area (Å²) in [6, 6.07) is 15.8. The second-order valence-corrected chi connectivity index (χ2v) is 7.27.